The van der Waals surface area contributed by atoms with Gasteiger partial charge in [-0.1, -0.05) is 37.8 Å². The minimum atomic E-state index is -0.983. The molecule has 3 rings (SSSR count). The number of benzene rings is 1. The standard InChI is InChI=1S/C12H12N2O2.C6H16OSi/c15-10-5-6-12(7-13-10)8-3-1-2-4-9(8)14-11(12)16;1-6(7-2)8(3,4)5/h1-4H,5-7H2,(H,13,15)(H,14,16);6H,1-5H3. The summed E-state index contributed by atoms with van der Waals surface area (Å²) < 4.78 is 5.18. The van der Waals surface area contributed by atoms with Crippen molar-refractivity contribution in [3.63, 3.8) is 0 Å². The first-order valence-corrected chi connectivity index (χ1v) is 12.0. The number of nitrogens with one attached hydrogen (secondary N) is 2. The van der Waals surface area contributed by atoms with E-state index in [1.165, 1.54) is 0 Å². The van der Waals surface area contributed by atoms with Crippen molar-refractivity contribution in [2.75, 3.05) is 19.0 Å². The molecule has 5 nitrogen and oxygen atoms in total. The summed E-state index contributed by atoms with van der Waals surface area (Å²) in [5, 5.41) is 5.67. The molecule has 2 N–H and O–H groups in total. The number of carbonyl (C=O) groups excluding carboxylic acids is 2. The van der Waals surface area contributed by atoms with Gasteiger partial charge in [0.2, 0.25) is 11.8 Å². The van der Waals surface area contributed by atoms with Gasteiger partial charge in [-0.25, -0.2) is 0 Å². The number of hydrogen-bond donors (Lipinski definition) is 2. The molecule has 1 fully saturated rings. The van der Waals surface area contributed by atoms with Gasteiger partial charge >= 0.3 is 0 Å². The lowest BCUT2D eigenvalue weighted by molar-refractivity contribution is -0.127. The Kier molecular flexibility index (Phi) is 5.50. The van der Waals surface area contributed by atoms with Crippen molar-refractivity contribution >= 4 is 25.6 Å². The third kappa shape index (κ3) is 3.70. The summed E-state index contributed by atoms with van der Waals surface area (Å²) >= 11 is 0. The lowest BCUT2D eigenvalue weighted by Crippen LogP contribution is -2.50. The Morgan fingerprint density at radius 2 is 1.88 bits per heavy atom. The molecule has 2 aliphatic heterocycles. The zero-order valence-electron chi connectivity index (χ0n) is 15.2. The number of fused-ring (bicyclic) bond motifs is 2. The quantitative estimate of drug-likeness (QED) is 0.808. The van der Waals surface area contributed by atoms with E-state index in [1.807, 2.05) is 24.3 Å². The molecule has 6 heteroatoms. The highest BCUT2D eigenvalue weighted by Gasteiger charge is 2.48. The molecule has 2 unspecified atom stereocenters. The normalized spacial score (nSPS) is 23.7. The topological polar surface area (TPSA) is 67.4 Å². The fourth-order valence-corrected chi connectivity index (χ4v) is 3.61. The summed E-state index contributed by atoms with van der Waals surface area (Å²) in [6.45, 7) is 9.48. The van der Waals surface area contributed by atoms with E-state index in [-0.39, 0.29) is 11.8 Å². The molecule has 2 amide bonds. The number of piperidine rings is 1. The van der Waals surface area contributed by atoms with Gasteiger partial charge in [-0.2, -0.15) is 0 Å². The highest BCUT2D eigenvalue weighted by Crippen LogP contribution is 2.41. The second-order valence-electron chi connectivity index (χ2n) is 7.60. The van der Waals surface area contributed by atoms with E-state index < -0.39 is 13.5 Å². The molecule has 2 heterocycles. The molecule has 2 aliphatic rings. The lowest BCUT2D eigenvalue weighted by atomic mass is 9.75. The maximum absolute atomic E-state index is 12.1. The predicted molar refractivity (Wildman–Crippen MR) is 98.8 cm³/mol. The van der Waals surface area contributed by atoms with Crippen LogP contribution in [0.2, 0.25) is 19.6 Å². The molecule has 24 heavy (non-hydrogen) atoms. The summed E-state index contributed by atoms with van der Waals surface area (Å²) in [6.07, 6.45) is 1.02. The highest BCUT2D eigenvalue weighted by molar-refractivity contribution is 6.77. The summed E-state index contributed by atoms with van der Waals surface area (Å²) in [5.41, 5.74) is 1.84. The van der Waals surface area contributed by atoms with E-state index >= 15 is 0 Å². The van der Waals surface area contributed by atoms with E-state index in [9.17, 15) is 9.59 Å². The van der Waals surface area contributed by atoms with Gasteiger partial charge in [0.15, 0.2) is 0 Å². The number of methoxy groups -OCH3 is 1. The fraction of sp³-hybridized carbons (Fsp3) is 0.556. The fourth-order valence-electron chi connectivity index (χ4n) is 2.90. The Labute approximate surface area is 145 Å². The Morgan fingerprint density at radius 3 is 2.38 bits per heavy atom. The summed E-state index contributed by atoms with van der Waals surface area (Å²) in [4.78, 5) is 23.2. The molecule has 2 atom stereocenters. The van der Waals surface area contributed by atoms with Crippen molar-refractivity contribution in [2.24, 2.45) is 0 Å². The second-order valence-corrected chi connectivity index (χ2v) is 13.1. The monoisotopic (exact) mass is 348 g/mol. The smallest absolute Gasteiger partial charge is 0.236 e. The number of ether oxygens (including phenoxy) is 1. The number of anilines is 1. The van der Waals surface area contributed by atoms with E-state index in [0.29, 0.717) is 25.1 Å². The summed E-state index contributed by atoms with van der Waals surface area (Å²) in [5.74, 6) is 0.0384. The van der Waals surface area contributed by atoms with Crippen LogP contribution in [0, 0.1) is 0 Å². The van der Waals surface area contributed by atoms with E-state index in [2.05, 4.69) is 37.2 Å². The van der Waals surface area contributed by atoms with Gasteiger partial charge in [-0.15, -0.1) is 0 Å². The van der Waals surface area contributed by atoms with Crippen LogP contribution in [0.4, 0.5) is 5.69 Å². The maximum Gasteiger partial charge on any atom is 0.236 e. The van der Waals surface area contributed by atoms with Crippen molar-refractivity contribution in [2.45, 2.75) is 50.5 Å². The van der Waals surface area contributed by atoms with Gasteiger partial charge in [0, 0.05) is 31.5 Å². The van der Waals surface area contributed by atoms with Crippen molar-refractivity contribution in [3.8, 4) is 0 Å². The number of amides is 2. The van der Waals surface area contributed by atoms with Gasteiger partial charge < -0.3 is 15.4 Å². The van der Waals surface area contributed by atoms with Crippen molar-refractivity contribution < 1.29 is 14.3 Å². The number of hydrogen-bond acceptors (Lipinski definition) is 3. The van der Waals surface area contributed by atoms with Crippen LogP contribution in [-0.4, -0.2) is 39.3 Å². The van der Waals surface area contributed by atoms with Crippen LogP contribution in [0.15, 0.2) is 24.3 Å². The second kappa shape index (κ2) is 7.07. The van der Waals surface area contributed by atoms with Crippen LogP contribution in [0.3, 0.4) is 0 Å². The Hall–Kier alpha value is -1.66. The van der Waals surface area contributed by atoms with Crippen LogP contribution >= 0.6 is 0 Å². The zero-order chi connectivity index (χ0) is 18.0. The average Bonchev–Trinajstić information content (AvgIpc) is 2.81. The third-order valence-corrected chi connectivity index (χ3v) is 7.74. The van der Waals surface area contributed by atoms with Crippen molar-refractivity contribution in [3.05, 3.63) is 29.8 Å². The van der Waals surface area contributed by atoms with Crippen LogP contribution in [-0.2, 0) is 19.7 Å². The number of carbonyl (C=O) groups is 2. The van der Waals surface area contributed by atoms with Gasteiger partial charge in [0.25, 0.3) is 0 Å². The summed E-state index contributed by atoms with van der Waals surface area (Å²) in [6, 6.07) is 7.69. The number of para-hydroxylation sites is 1. The Balaban J connectivity index is 0.000000224. The largest absolute Gasteiger partial charge is 0.385 e. The first-order valence-electron chi connectivity index (χ1n) is 8.41. The molecule has 1 aromatic carbocycles. The molecular weight excluding hydrogens is 320 g/mol. The predicted octanol–water partition coefficient (Wildman–Crippen LogP) is 2.69. The van der Waals surface area contributed by atoms with Gasteiger partial charge in [0.05, 0.1) is 13.5 Å². The molecular formula is C18H28N2O3Si. The molecule has 0 bridgehead atoms. The van der Waals surface area contributed by atoms with Gasteiger partial charge in [-0.05, 0) is 25.0 Å². The van der Waals surface area contributed by atoms with Crippen molar-refractivity contribution in [1.82, 2.24) is 5.32 Å². The van der Waals surface area contributed by atoms with Crippen LogP contribution < -0.4 is 10.6 Å². The zero-order valence-corrected chi connectivity index (χ0v) is 16.2. The molecule has 1 saturated heterocycles. The van der Waals surface area contributed by atoms with Gasteiger partial charge in [0.1, 0.15) is 0 Å². The minimum Gasteiger partial charge on any atom is -0.385 e. The van der Waals surface area contributed by atoms with Crippen LogP contribution in [0.5, 0.6) is 0 Å². The first-order chi connectivity index (χ1) is 11.2. The molecule has 0 aliphatic carbocycles. The highest BCUT2D eigenvalue weighted by atomic mass is 28.3. The minimum absolute atomic E-state index is 0.00806. The van der Waals surface area contributed by atoms with E-state index in [0.717, 1.165) is 11.3 Å². The molecule has 132 valence electrons. The number of rotatable bonds is 2. The average molecular weight is 349 g/mol. The van der Waals surface area contributed by atoms with Crippen LogP contribution in [0.1, 0.15) is 25.3 Å². The van der Waals surface area contributed by atoms with Crippen molar-refractivity contribution in [1.29, 1.82) is 0 Å². The molecule has 1 spiro atoms. The Morgan fingerprint density at radius 1 is 1.21 bits per heavy atom. The third-order valence-electron chi connectivity index (χ3n) is 5.06. The first kappa shape index (κ1) is 18.7. The molecule has 1 aromatic rings. The summed E-state index contributed by atoms with van der Waals surface area (Å²) in [7, 11) is 0.798. The maximum atomic E-state index is 12.1. The Bertz CT molecular complexity index is 615. The molecule has 0 radical (unpaired) electrons. The SMILES string of the molecule is COC(C)[Si](C)(C)C.O=C1CCC2(CN1)C(=O)Nc1ccccc12. The van der Waals surface area contributed by atoms with Gasteiger partial charge in [-0.3, -0.25) is 9.59 Å². The van der Waals surface area contributed by atoms with E-state index in [1.54, 1.807) is 7.11 Å². The van der Waals surface area contributed by atoms with Crippen LogP contribution in [0.25, 0.3) is 0 Å². The van der Waals surface area contributed by atoms with E-state index in [4.69, 9.17) is 4.74 Å². The molecule has 0 aromatic heterocycles. The lowest BCUT2D eigenvalue weighted by Gasteiger charge is -2.31. The molecule has 0 saturated carbocycles.